The van der Waals surface area contributed by atoms with Crippen molar-refractivity contribution in [2.45, 2.75) is 13.0 Å². The lowest BCUT2D eigenvalue weighted by atomic mass is 10.1. The molecule has 0 aliphatic carbocycles. The largest absolute Gasteiger partial charge is 0.370 e. The molecule has 0 saturated carbocycles. The van der Waals surface area contributed by atoms with E-state index in [1.54, 1.807) is 34.6 Å². The SMILES string of the molecule is Clc1ccccc1.NC(=O)CCNC(=O)c1cnn(Cc2cncs2)c1-c1ccccc1F. The lowest BCUT2D eigenvalue weighted by Gasteiger charge is -2.10. The van der Waals surface area contributed by atoms with Crippen LogP contribution >= 0.6 is 22.9 Å². The van der Waals surface area contributed by atoms with Gasteiger partial charge < -0.3 is 11.1 Å². The van der Waals surface area contributed by atoms with Crippen LogP contribution in [0.5, 0.6) is 0 Å². The molecule has 0 fully saturated rings. The number of amides is 2. The Labute approximate surface area is 199 Å². The topological polar surface area (TPSA) is 103 Å². The van der Waals surface area contributed by atoms with Crippen LogP contribution in [0.3, 0.4) is 0 Å². The predicted octanol–water partition coefficient (Wildman–Crippen LogP) is 4.14. The highest BCUT2D eigenvalue weighted by Crippen LogP contribution is 2.27. The first-order valence-corrected chi connectivity index (χ1v) is 11.2. The molecule has 7 nitrogen and oxygen atoms in total. The summed E-state index contributed by atoms with van der Waals surface area (Å²) >= 11 is 6.98. The van der Waals surface area contributed by atoms with Gasteiger partial charge in [-0.15, -0.1) is 11.3 Å². The predicted molar refractivity (Wildman–Crippen MR) is 126 cm³/mol. The van der Waals surface area contributed by atoms with Crippen molar-refractivity contribution in [2.24, 2.45) is 5.73 Å². The van der Waals surface area contributed by atoms with Crippen molar-refractivity contribution in [3.05, 3.63) is 93.8 Å². The summed E-state index contributed by atoms with van der Waals surface area (Å²) < 4.78 is 15.9. The quantitative estimate of drug-likeness (QED) is 0.410. The molecule has 0 aliphatic rings. The molecule has 2 aromatic carbocycles. The minimum Gasteiger partial charge on any atom is -0.370 e. The van der Waals surface area contributed by atoms with Crippen molar-refractivity contribution in [1.29, 1.82) is 0 Å². The number of aromatic nitrogens is 3. The number of thiazole rings is 1. The summed E-state index contributed by atoms with van der Waals surface area (Å²) in [4.78, 5) is 28.3. The van der Waals surface area contributed by atoms with E-state index < -0.39 is 17.6 Å². The zero-order valence-corrected chi connectivity index (χ0v) is 19.0. The molecule has 10 heteroatoms. The van der Waals surface area contributed by atoms with Gasteiger partial charge in [0.15, 0.2) is 0 Å². The molecule has 2 aromatic heterocycles. The maximum Gasteiger partial charge on any atom is 0.255 e. The zero-order chi connectivity index (χ0) is 23.6. The third-order valence-electron chi connectivity index (χ3n) is 4.39. The average molecular weight is 486 g/mol. The Morgan fingerprint density at radius 2 is 1.82 bits per heavy atom. The van der Waals surface area contributed by atoms with E-state index in [-0.39, 0.29) is 24.1 Å². The second-order valence-electron chi connectivity index (χ2n) is 6.78. The van der Waals surface area contributed by atoms with E-state index >= 15 is 0 Å². The van der Waals surface area contributed by atoms with Gasteiger partial charge in [0.1, 0.15) is 5.82 Å². The number of carbonyl (C=O) groups is 2. The highest BCUT2D eigenvalue weighted by molar-refractivity contribution is 7.09. The molecule has 0 saturated heterocycles. The molecule has 2 heterocycles. The van der Waals surface area contributed by atoms with E-state index in [0.29, 0.717) is 12.2 Å². The van der Waals surface area contributed by atoms with Gasteiger partial charge >= 0.3 is 0 Å². The smallest absolute Gasteiger partial charge is 0.255 e. The van der Waals surface area contributed by atoms with Crippen LogP contribution in [0.2, 0.25) is 5.02 Å². The summed E-state index contributed by atoms with van der Waals surface area (Å²) in [7, 11) is 0. The molecule has 0 aliphatic heterocycles. The number of hydrogen-bond acceptors (Lipinski definition) is 5. The molecule has 4 rings (SSSR count). The average Bonchev–Trinajstić information content (AvgIpc) is 3.45. The van der Waals surface area contributed by atoms with Gasteiger partial charge in [0.2, 0.25) is 5.91 Å². The molecule has 33 heavy (non-hydrogen) atoms. The van der Waals surface area contributed by atoms with Gasteiger partial charge in [0, 0.05) is 34.6 Å². The van der Waals surface area contributed by atoms with Gasteiger partial charge in [0.25, 0.3) is 5.91 Å². The van der Waals surface area contributed by atoms with E-state index in [0.717, 1.165) is 9.90 Å². The molecular formula is C23H21ClFN5O2S. The Morgan fingerprint density at radius 3 is 2.42 bits per heavy atom. The van der Waals surface area contributed by atoms with Gasteiger partial charge in [0.05, 0.1) is 29.5 Å². The summed E-state index contributed by atoms with van der Waals surface area (Å²) in [5, 5.41) is 7.65. The van der Waals surface area contributed by atoms with E-state index in [1.807, 2.05) is 30.3 Å². The number of rotatable bonds is 7. The Bertz CT molecular complexity index is 1200. The molecule has 4 aromatic rings. The molecule has 0 bridgehead atoms. The Balaban J connectivity index is 0.000000374. The number of carbonyl (C=O) groups excluding carboxylic acids is 2. The highest BCUT2D eigenvalue weighted by Gasteiger charge is 2.21. The van der Waals surface area contributed by atoms with Gasteiger partial charge in [-0.05, 0) is 24.3 Å². The summed E-state index contributed by atoms with van der Waals surface area (Å²) in [5.41, 5.74) is 7.64. The van der Waals surface area contributed by atoms with Crippen LogP contribution in [-0.2, 0) is 11.3 Å². The second kappa shape index (κ2) is 11.9. The third kappa shape index (κ3) is 6.96. The maximum absolute atomic E-state index is 14.4. The lowest BCUT2D eigenvalue weighted by molar-refractivity contribution is -0.117. The van der Waals surface area contributed by atoms with Gasteiger partial charge in [-0.1, -0.05) is 41.9 Å². The van der Waals surface area contributed by atoms with Crippen molar-refractivity contribution in [1.82, 2.24) is 20.1 Å². The monoisotopic (exact) mass is 485 g/mol. The maximum atomic E-state index is 14.4. The number of nitrogens with two attached hydrogens (primary N) is 1. The Kier molecular flexibility index (Phi) is 8.68. The van der Waals surface area contributed by atoms with Crippen LogP contribution in [0.25, 0.3) is 11.3 Å². The fourth-order valence-electron chi connectivity index (χ4n) is 2.89. The van der Waals surface area contributed by atoms with Crippen molar-refractivity contribution in [2.75, 3.05) is 6.54 Å². The van der Waals surface area contributed by atoms with Crippen LogP contribution in [0, 0.1) is 5.82 Å². The molecular weight excluding hydrogens is 465 g/mol. The summed E-state index contributed by atoms with van der Waals surface area (Å²) in [6, 6.07) is 15.6. The summed E-state index contributed by atoms with van der Waals surface area (Å²) in [5.74, 6) is -1.41. The first kappa shape index (κ1) is 24.1. The Hall–Kier alpha value is -3.56. The van der Waals surface area contributed by atoms with E-state index in [1.165, 1.54) is 23.6 Å². The molecule has 170 valence electrons. The second-order valence-corrected chi connectivity index (χ2v) is 8.19. The number of nitrogens with zero attached hydrogens (tertiary/aromatic N) is 3. The zero-order valence-electron chi connectivity index (χ0n) is 17.4. The fraction of sp³-hybridized carbons (Fsp3) is 0.130. The molecule has 0 atom stereocenters. The minimum atomic E-state index is -0.513. The first-order chi connectivity index (χ1) is 16.0. The van der Waals surface area contributed by atoms with Crippen molar-refractivity contribution >= 4 is 34.8 Å². The summed E-state index contributed by atoms with van der Waals surface area (Å²) in [6.07, 6.45) is 3.11. The first-order valence-electron chi connectivity index (χ1n) is 9.91. The third-order valence-corrected chi connectivity index (χ3v) is 5.41. The fourth-order valence-corrected chi connectivity index (χ4v) is 3.61. The number of halogens is 2. The number of benzene rings is 2. The normalized spacial score (nSPS) is 10.2. The molecule has 0 unspecified atom stereocenters. The van der Waals surface area contributed by atoms with Crippen molar-refractivity contribution in [3.8, 4) is 11.3 Å². The molecule has 3 N–H and O–H groups in total. The van der Waals surface area contributed by atoms with Crippen LogP contribution in [0.1, 0.15) is 21.7 Å². The van der Waals surface area contributed by atoms with Crippen LogP contribution in [0.15, 0.2) is 72.5 Å². The molecule has 0 radical (unpaired) electrons. The van der Waals surface area contributed by atoms with Gasteiger partial charge in [-0.25, -0.2) is 4.39 Å². The van der Waals surface area contributed by atoms with Crippen LogP contribution in [0.4, 0.5) is 4.39 Å². The van der Waals surface area contributed by atoms with E-state index in [4.69, 9.17) is 17.3 Å². The van der Waals surface area contributed by atoms with Crippen LogP contribution in [-0.4, -0.2) is 33.1 Å². The standard InChI is InChI=1S/C17H16FN5O2S.C6H5Cl/c18-14-4-2-1-3-12(14)16-13(17(25)21-6-5-15(19)24)8-22-23(16)9-11-7-20-10-26-11;7-6-4-2-1-3-5-6/h1-4,7-8,10H,5-6,9H2,(H2,19,24)(H,21,25);1-5H. The highest BCUT2D eigenvalue weighted by atomic mass is 35.5. The van der Waals surface area contributed by atoms with E-state index in [9.17, 15) is 14.0 Å². The van der Waals surface area contributed by atoms with Crippen molar-refractivity contribution < 1.29 is 14.0 Å². The van der Waals surface area contributed by atoms with Crippen molar-refractivity contribution in [3.63, 3.8) is 0 Å². The van der Waals surface area contributed by atoms with Gasteiger partial charge in [-0.3, -0.25) is 19.3 Å². The lowest BCUT2D eigenvalue weighted by Crippen LogP contribution is -2.28. The van der Waals surface area contributed by atoms with Crippen LogP contribution < -0.4 is 11.1 Å². The number of hydrogen-bond donors (Lipinski definition) is 2. The van der Waals surface area contributed by atoms with Gasteiger partial charge in [-0.2, -0.15) is 5.10 Å². The summed E-state index contributed by atoms with van der Waals surface area (Å²) in [6.45, 7) is 0.466. The van der Waals surface area contributed by atoms with E-state index in [2.05, 4.69) is 15.4 Å². The number of primary amides is 1. The minimum absolute atomic E-state index is 0.0236. The number of nitrogens with one attached hydrogen (secondary N) is 1. The molecule has 0 spiro atoms. The Morgan fingerprint density at radius 1 is 1.09 bits per heavy atom. The molecule has 2 amide bonds.